The van der Waals surface area contributed by atoms with E-state index in [1.54, 1.807) is 0 Å². The minimum absolute atomic E-state index is 0.0649. The van der Waals surface area contributed by atoms with Crippen molar-refractivity contribution in [3.8, 4) is 0 Å². The molecule has 1 amide bonds. The first-order valence-electron chi connectivity index (χ1n) is 21.3. The lowest BCUT2D eigenvalue weighted by Crippen LogP contribution is -2.40. The van der Waals surface area contributed by atoms with E-state index >= 15 is 0 Å². The molecule has 0 radical (unpaired) electrons. The molecule has 0 saturated carbocycles. The highest BCUT2D eigenvalue weighted by molar-refractivity contribution is 7.99. The number of esters is 2. The number of aromatic nitrogens is 3. The predicted molar refractivity (Wildman–Crippen MR) is 217 cm³/mol. The number of hydrogen-bond donors (Lipinski definition) is 6. The van der Waals surface area contributed by atoms with Crippen LogP contribution >= 0.6 is 11.8 Å². The van der Waals surface area contributed by atoms with Crippen LogP contribution in [0.15, 0.2) is 6.20 Å². The molecule has 1 aromatic rings. The van der Waals surface area contributed by atoms with Crippen molar-refractivity contribution in [2.45, 2.75) is 205 Å². The molecule has 0 aromatic carbocycles. The molecule has 7 N–H and O–H groups in total. The Morgan fingerprint density at radius 1 is 0.804 bits per heavy atom. The summed E-state index contributed by atoms with van der Waals surface area (Å²) in [6, 6.07) is -0.956. The molecule has 0 spiro atoms. The number of aliphatic hydroxyl groups excluding tert-OH is 4. The average molecular weight is 816 g/mol. The summed E-state index contributed by atoms with van der Waals surface area (Å²) in [6.07, 6.45) is 17.3. The van der Waals surface area contributed by atoms with Crippen molar-refractivity contribution in [1.29, 1.82) is 0 Å². The van der Waals surface area contributed by atoms with Crippen LogP contribution in [-0.4, -0.2) is 114 Å². The van der Waals surface area contributed by atoms with Gasteiger partial charge in [0.05, 0.1) is 18.8 Å². The van der Waals surface area contributed by atoms with Gasteiger partial charge in [0, 0.05) is 24.3 Å². The number of hydrogen-bond acceptors (Lipinski definition) is 14. The molecule has 1 fully saturated rings. The first kappa shape index (κ1) is 49.8. The zero-order valence-corrected chi connectivity index (χ0v) is 34.9. The SMILES string of the molecule is CCCCCCCCCCCCC(=O)OCC(CSCC(N)C(=O)Nc1cn(CC(O)C2OC(O)[C@@H](O)[C@@H]2O)nn1)OC(=O)CCCCCCCCCCCC. The second-order valence-electron chi connectivity index (χ2n) is 15.2. The van der Waals surface area contributed by atoms with Crippen LogP contribution in [0.4, 0.5) is 5.82 Å². The van der Waals surface area contributed by atoms with Gasteiger partial charge in [0.25, 0.3) is 0 Å². The summed E-state index contributed by atoms with van der Waals surface area (Å²) in [6.45, 7) is 4.18. The van der Waals surface area contributed by atoms with E-state index in [4.69, 9.17) is 19.9 Å². The van der Waals surface area contributed by atoms with Crippen LogP contribution in [0.2, 0.25) is 0 Å². The van der Waals surface area contributed by atoms with Gasteiger partial charge in [0.1, 0.15) is 37.1 Å². The van der Waals surface area contributed by atoms with E-state index in [2.05, 4.69) is 29.5 Å². The smallest absolute Gasteiger partial charge is 0.306 e. The number of nitrogens with two attached hydrogens (primary N) is 1. The van der Waals surface area contributed by atoms with Crippen molar-refractivity contribution in [3.05, 3.63) is 6.20 Å². The summed E-state index contributed by atoms with van der Waals surface area (Å²) < 4.78 is 17.5. The van der Waals surface area contributed by atoms with Crippen LogP contribution < -0.4 is 11.1 Å². The summed E-state index contributed by atoms with van der Waals surface area (Å²) in [4.78, 5) is 38.1. The Morgan fingerprint density at radius 3 is 1.84 bits per heavy atom. The maximum atomic E-state index is 12.8. The fourth-order valence-electron chi connectivity index (χ4n) is 6.50. The fraction of sp³-hybridized carbons (Fsp3) is 0.875. The molecule has 2 heterocycles. The number of aliphatic hydroxyl groups is 4. The second kappa shape index (κ2) is 30.7. The van der Waals surface area contributed by atoms with Crippen molar-refractivity contribution >= 4 is 35.4 Å². The molecule has 5 unspecified atom stereocenters. The van der Waals surface area contributed by atoms with E-state index in [-0.39, 0.29) is 42.4 Å². The van der Waals surface area contributed by atoms with Crippen molar-refractivity contribution in [2.24, 2.45) is 5.73 Å². The quantitative estimate of drug-likeness (QED) is 0.0391. The normalized spacial score (nSPS) is 19.8. The number of unbranched alkanes of at least 4 members (excludes halogenated alkanes) is 18. The third-order valence-electron chi connectivity index (χ3n) is 9.95. The van der Waals surface area contributed by atoms with Gasteiger partial charge in [-0.25, -0.2) is 4.68 Å². The summed E-state index contributed by atoms with van der Waals surface area (Å²) in [7, 11) is 0. The summed E-state index contributed by atoms with van der Waals surface area (Å²) in [5, 5.41) is 49.9. The lowest BCUT2D eigenvalue weighted by Gasteiger charge is -2.20. The van der Waals surface area contributed by atoms with Crippen LogP contribution in [0.3, 0.4) is 0 Å². The Hall–Kier alpha value is -2.34. The van der Waals surface area contributed by atoms with Crippen LogP contribution in [-0.2, 0) is 35.1 Å². The van der Waals surface area contributed by atoms with Gasteiger partial charge >= 0.3 is 11.9 Å². The first-order valence-corrected chi connectivity index (χ1v) is 22.5. The van der Waals surface area contributed by atoms with Gasteiger partial charge in [-0.05, 0) is 12.8 Å². The van der Waals surface area contributed by atoms with E-state index in [9.17, 15) is 34.8 Å². The van der Waals surface area contributed by atoms with Gasteiger partial charge in [0.15, 0.2) is 12.1 Å². The number of amides is 1. The summed E-state index contributed by atoms with van der Waals surface area (Å²) in [5.74, 6) is -0.657. The van der Waals surface area contributed by atoms with E-state index in [1.807, 2.05) is 0 Å². The van der Waals surface area contributed by atoms with Crippen LogP contribution in [0.25, 0.3) is 0 Å². The van der Waals surface area contributed by atoms with Gasteiger partial charge in [-0.2, -0.15) is 11.8 Å². The van der Waals surface area contributed by atoms with Crippen LogP contribution in [0, 0.1) is 0 Å². The van der Waals surface area contributed by atoms with Gasteiger partial charge < -0.3 is 45.7 Å². The molecule has 56 heavy (non-hydrogen) atoms. The molecule has 7 atom stereocenters. The van der Waals surface area contributed by atoms with Gasteiger partial charge in [0.2, 0.25) is 5.91 Å². The molecule has 1 aliphatic heterocycles. The highest BCUT2D eigenvalue weighted by Gasteiger charge is 2.45. The molecular weight excluding hydrogens is 743 g/mol. The molecule has 0 aliphatic carbocycles. The van der Waals surface area contributed by atoms with E-state index in [1.165, 1.54) is 113 Å². The minimum Gasteiger partial charge on any atom is -0.462 e. The van der Waals surface area contributed by atoms with E-state index < -0.39 is 48.8 Å². The van der Waals surface area contributed by atoms with Gasteiger partial charge in [-0.1, -0.05) is 135 Å². The van der Waals surface area contributed by atoms with Crippen molar-refractivity contribution in [3.63, 3.8) is 0 Å². The minimum atomic E-state index is -1.62. The third kappa shape index (κ3) is 22.0. The lowest BCUT2D eigenvalue weighted by atomic mass is 10.1. The van der Waals surface area contributed by atoms with E-state index in [0.717, 1.165) is 38.5 Å². The molecule has 324 valence electrons. The molecule has 16 heteroatoms. The second-order valence-corrected chi connectivity index (χ2v) is 16.2. The number of rotatable bonds is 34. The lowest BCUT2D eigenvalue weighted by molar-refractivity contribution is -0.157. The number of carbonyl (C=O) groups excluding carboxylic acids is 3. The Morgan fingerprint density at radius 2 is 1.32 bits per heavy atom. The largest absolute Gasteiger partial charge is 0.462 e. The molecule has 1 aliphatic rings. The maximum Gasteiger partial charge on any atom is 0.306 e. The molecule has 2 rings (SSSR count). The van der Waals surface area contributed by atoms with Gasteiger partial charge in [-0.15, -0.1) is 5.10 Å². The average Bonchev–Trinajstić information content (AvgIpc) is 3.72. The topological polar surface area (TPSA) is 229 Å². The van der Waals surface area contributed by atoms with E-state index in [0.29, 0.717) is 12.8 Å². The Kier molecular flexibility index (Phi) is 27.3. The number of nitrogens with one attached hydrogen (secondary N) is 1. The Balaban J connectivity index is 1.76. The van der Waals surface area contributed by atoms with Crippen LogP contribution in [0.1, 0.15) is 155 Å². The fourth-order valence-corrected chi connectivity index (χ4v) is 7.47. The van der Waals surface area contributed by atoms with Crippen molar-refractivity contribution in [2.75, 3.05) is 23.4 Å². The number of thioether (sulfide) groups is 1. The number of ether oxygens (including phenoxy) is 3. The standard InChI is InChI=1S/C40H73N5O10S/c1-3-5-7-9-11-13-15-17-19-21-23-34(47)53-27-30(54-35(48)24-22-20-18-16-14-12-10-8-6-4-2)28-56-29-31(41)39(51)42-33-26-45(44-43-33)25-32(46)38-36(49)37(50)40(52)55-38/h26,30-32,36-38,40,46,49-50,52H,3-25,27-29,41H2,1-2H3,(H,42,51)/t30?,31?,32?,36-,37-,38?,40?/m0/s1. The monoisotopic (exact) mass is 816 g/mol. The Labute approximate surface area is 338 Å². The number of nitrogens with zero attached hydrogens (tertiary/aromatic N) is 3. The zero-order chi connectivity index (χ0) is 41.0. The number of anilines is 1. The van der Waals surface area contributed by atoms with Crippen LogP contribution in [0.5, 0.6) is 0 Å². The zero-order valence-electron chi connectivity index (χ0n) is 34.1. The molecular formula is C40H73N5O10S. The number of carbonyl (C=O) groups is 3. The molecule has 1 saturated heterocycles. The summed E-state index contributed by atoms with van der Waals surface area (Å²) >= 11 is 1.30. The third-order valence-corrected chi connectivity index (χ3v) is 11.2. The highest BCUT2D eigenvalue weighted by atomic mass is 32.2. The summed E-state index contributed by atoms with van der Waals surface area (Å²) in [5.41, 5.74) is 6.15. The van der Waals surface area contributed by atoms with Crippen molar-refractivity contribution < 1.29 is 49.0 Å². The highest BCUT2D eigenvalue weighted by Crippen LogP contribution is 2.23. The molecule has 15 nitrogen and oxygen atoms in total. The molecule has 1 aromatic heterocycles. The molecule has 0 bridgehead atoms. The Bertz CT molecular complexity index is 1200. The first-order chi connectivity index (χ1) is 27.0. The predicted octanol–water partition coefficient (Wildman–Crippen LogP) is 5.15. The van der Waals surface area contributed by atoms with Gasteiger partial charge in [-0.3, -0.25) is 14.4 Å². The van der Waals surface area contributed by atoms with Crippen molar-refractivity contribution in [1.82, 2.24) is 15.0 Å². The maximum absolute atomic E-state index is 12.8.